The number of nitrogens with one attached hydrogen (secondary N) is 2. The molecule has 0 spiro atoms. The Morgan fingerprint density at radius 1 is 1.15 bits per heavy atom. The molecule has 0 unspecified atom stereocenters. The predicted octanol–water partition coefficient (Wildman–Crippen LogP) is 3.77. The summed E-state index contributed by atoms with van der Waals surface area (Å²) in [6.07, 6.45) is 3.58. The molecule has 0 atom stereocenters. The number of rotatable bonds is 7. The Balaban J connectivity index is 1.16. The van der Waals surface area contributed by atoms with Gasteiger partial charge in [-0.25, -0.2) is 0 Å². The smallest absolute Gasteiger partial charge is 0.397 e. The van der Waals surface area contributed by atoms with Gasteiger partial charge in [-0.3, -0.25) is 14.7 Å². The summed E-state index contributed by atoms with van der Waals surface area (Å²) < 4.78 is 38.7. The number of likely N-dealkylation sites (tertiary alicyclic amines) is 1. The number of aromatic nitrogens is 1. The summed E-state index contributed by atoms with van der Waals surface area (Å²) in [7, 11) is 0. The Bertz CT molecular complexity index is 1030. The van der Waals surface area contributed by atoms with Crippen LogP contribution in [0.1, 0.15) is 48.3 Å². The molecule has 1 saturated heterocycles. The molecule has 0 bridgehead atoms. The summed E-state index contributed by atoms with van der Waals surface area (Å²) in [4.78, 5) is 18.9. The van der Waals surface area contributed by atoms with Crippen LogP contribution in [0.15, 0.2) is 49.3 Å². The molecular weight excluding hydrogens is 443 g/mol. The lowest BCUT2D eigenvalue weighted by molar-refractivity contribution is -0.137. The van der Waals surface area contributed by atoms with Gasteiger partial charge in [0.25, 0.3) is 0 Å². The fourth-order valence-electron chi connectivity index (χ4n) is 4.83. The number of nitrogens with zero attached hydrogens (tertiary/aromatic N) is 2. The summed E-state index contributed by atoms with van der Waals surface area (Å²) in [6.45, 7) is 5.35. The van der Waals surface area contributed by atoms with E-state index in [0.29, 0.717) is 23.2 Å². The van der Waals surface area contributed by atoms with E-state index in [2.05, 4.69) is 27.1 Å². The van der Waals surface area contributed by atoms with Gasteiger partial charge in [0.05, 0.1) is 23.8 Å². The van der Waals surface area contributed by atoms with Crippen molar-refractivity contribution in [3.8, 4) is 0 Å². The van der Waals surface area contributed by atoms with Gasteiger partial charge in [0.15, 0.2) is 0 Å². The van der Waals surface area contributed by atoms with Crippen molar-refractivity contribution in [3.63, 3.8) is 0 Å². The first-order valence-corrected chi connectivity index (χ1v) is 11.5. The molecule has 2 aliphatic rings. The molecular formula is C25H30F3N5O. The van der Waals surface area contributed by atoms with E-state index in [9.17, 15) is 18.0 Å². The molecule has 1 aliphatic carbocycles. The lowest BCUT2D eigenvalue weighted by Crippen LogP contribution is -2.63. The lowest BCUT2D eigenvalue weighted by atomic mass is 9.80. The van der Waals surface area contributed by atoms with Gasteiger partial charge in [-0.15, -0.1) is 0 Å². The van der Waals surface area contributed by atoms with Crippen LogP contribution in [0.2, 0.25) is 0 Å². The number of alkyl halides is 3. The highest BCUT2D eigenvalue weighted by molar-refractivity contribution is 5.80. The fourth-order valence-corrected chi connectivity index (χ4v) is 4.83. The van der Waals surface area contributed by atoms with E-state index < -0.39 is 11.7 Å². The van der Waals surface area contributed by atoms with Crippen molar-refractivity contribution in [2.24, 2.45) is 0 Å². The van der Waals surface area contributed by atoms with Gasteiger partial charge >= 0.3 is 6.18 Å². The zero-order valence-corrected chi connectivity index (χ0v) is 18.9. The zero-order chi connectivity index (χ0) is 24.3. The maximum Gasteiger partial charge on any atom is 0.416 e. The molecule has 1 aliphatic heterocycles. The van der Waals surface area contributed by atoms with Crippen molar-refractivity contribution < 1.29 is 18.0 Å². The largest absolute Gasteiger partial charge is 0.416 e. The van der Waals surface area contributed by atoms with Crippen molar-refractivity contribution in [2.75, 3.05) is 25.4 Å². The number of nitrogen functional groups attached to an aromatic ring is 1. The quantitative estimate of drug-likeness (QED) is 0.570. The number of amides is 1. The van der Waals surface area contributed by atoms with Gasteiger partial charge in [-0.1, -0.05) is 18.7 Å². The lowest BCUT2D eigenvalue weighted by Gasteiger charge is -2.46. The Labute approximate surface area is 197 Å². The Morgan fingerprint density at radius 2 is 1.88 bits per heavy atom. The molecule has 2 fully saturated rings. The van der Waals surface area contributed by atoms with Gasteiger partial charge in [-0.2, -0.15) is 13.2 Å². The molecule has 4 rings (SSSR count). The summed E-state index contributed by atoms with van der Waals surface area (Å²) >= 11 is 0. The summed E-state index contributed by atoms with van der Waals surface area (Å²) in [5.74, 6) is 0.302. The standard InChI is InChI=1S/C25H30F3N5O/c1-16(18-3-2-4-20(9-18)25(26,27)28)31-13-24(34)32-22-14-33(15-22)23-7-5-17(6-8-23)19-10-21(29)12-30-11-19/h2-4,9-12,17,22-23,31H,1,5-8,13-15,29H2,(H,32,34). The van der Waals surface area contributed by atoms with Crippen molar-refractivity contribution in [1.29, 1.82) is 0 Å². The van der Waals surface area contributed by atoms with Crippen LogP contribution in [0.4, 0.5) is 18.9 Å². The van der Waals surface area contributed by atoms with Crippen LogP contribution in [0.25, 0.3) is 5.70 Å². The van der Waals surface area contributed by atoms with E-state index >= 15 is 0 Å². The number of hydrogen-bond acceptors (Lipinski definition) is 5. The number of benzene rings is 1. The first kappa shape index (κ1) is 24.1. The van der Waals surface area contributed by atoms with Crippen LogP contribution in [-0.4, -0.2) is 47.5 Å². The third kappa shape index (κ3) is 5.88. The van der Waals surface area contributed by atoms with E-state index in [-0.39, 0.29) is 24.2 Å². The highest BCUT2D eigenvalue weighted by Gasteiger charge is 2.35. The normalized spacial score (nSPS) is 21.5. The zero-order valence-electron chi connectivity index (χ0n) is 18.9. The van der Waals surface area contributed by atoms with E-state index in [1.54, 1.807) is 6.20 Å². The second-order valence-electron chi connectivity index (χ2n) is 9.19. The van der Waals surface area contributed by atoms with Crippen molar-refractivity contribution in [1.82, 2.24) is 20.5 Å². The number of hydrogen-bond donors (Lipinski definition) is 3. The average molecular weight is 474 g/mol. The first-order chi connectivity index (χ1) is 16.2. The summed E-state index contributed by atoms with van der Waals surface area (Å²) in [5.41, 5.74) is 7.62. The topological polar surface area (TPSA) is 83.3 Å². The Morgan fingerprint density at radius 3 is 2.56 bits per heavy atom. The van der Waals surface area contributed by atoms with Gasteiger partial charge in [0.1, 0.15) is 0 Å². The first-order valence-electron chi connectivity index (χ1n) is 11.5. The molecule has 182 valence electrons. The molecule has 0 radical (unpaired) electrons. The minimum Gasteiger partial charge on any atom is -0.397 e. The Kier molecular flexibility index (Phi) is 7.11. The van der Waals surface area contributed by atoms with Crippen LogP contribution in [-0.2, 0) is 11.0 Å². The molecule has 2 heterocycles. The third-order valence-corrected chi connectivity index (χ3v) is 6.74. The van der Waals surface area contributed by atoms with Crippen LogP contribution in [0.3, 0.4) is 0 Å². The second kappa shape index (κ2) is 10.0. The van der Waals surface area contributed by atoms with Gasteiger partial charge < -0.3 is 16.4 Å². The van der Waals surface area contributed by atoms with Gasteiger partial charge in [0, 0.05) is 37.2 Å². The van der Waals surface area contributed by atoms with Crippen LogP contribution in [0.5, 0.6) is 0 Å². The second-order valence-corrected chi connectivity index (χ2v) is 9.19. The van der Waals surface area contributed by atoms with Crippen molar-refractivity contribution in [3.05, 3.63) is 66.0 Å². The maximum atomic E-state index is 12.9. The minimum atomic E-state index is -4.42. The van der Waals surface area contributed by atoms with Crippen molar-refractivity contribution >= 4 is 17.3 Å². The minimum absolute atomic E-state index is 0.0368. The molecule has 1 aromatic heterocycles. The maximum absolute atomic E-state index is 12.9. The SMILES string of the molecule is C=C(NCC(=O)NC1CN(C2CCC(c3cncc(N)c3)CC2)C1)c1cccc(C(F)(F)F)c1. The number of pyridine rings is 1. The molecule has 9 heteroatoms. The molecule has 1 saturated carbocycles. The van der Waals surface area contributed by atoms with Crippen LogP contribution in [0, 0.1) is 0 Å². The summed E-state index contributed by atoms with van der Waals surface area (Å²) in [5, 5.41) is 5.81. The fraction of sp³-hybridized carbons (Fsp3) is 0.440. The van der Waals surface area contributed by atoms with Gasteiger partial charge in [0.2, 0.25) is 5.91 Å². The van der Waals surface area contributed by atoms with E-state index in [1.807, 2.05) is 12.3 Å². The van der Waals surface area contributed by atoms with E-state index in [1.165, 1.54) is 17.7 Å². The summed E-state index contributed by atoms with van der Waals surface area (Å²) in [6, 6.07) is 7.52. The molecule has 6 nitrogen and oxygen atoms in total. The molecule has 2 aromatic rings. The molecule has 1 amide bonds. The average Bonchev–Trinajstić information content (AvgIpc) is 2.79. The van der Waals surface area contributed by atoms with E-state index in [0.717, 1.165) is 50.9 Å². The predicted molar refractivity (Wildman–Crippen MR) is 126 cm³/mol. The number of halogens is 3. The van der Waals surface area contributed by atoms with Crippen molar-refractivity contribution in [2.45, 2.75) is 49.9 Å². The third-order valence-electron chi connectivity index (χ3n) is 6.74. The highest BCUT2D eigenvalue weighted by Crippen LogP contribution is 2.36. The van der Waals surface area contributed by atoms with E-state index in [4.69, 9.17) is 5.73 Å². The number of nitrogens with two attached hydrogens (primary N) is 1. The number of carbonyl (C=O) groups excluding carboxylic acids is 1. The molecule has 1 aromatic carbocycles. The van der Waals surface area contributed by atoms with Gasteiger partial charge in [-0.05, 0) is 60.9 Å². The van der Waals surface area contributed by atoms with Crippen LogP contribution < -0.4 is 16.4 Å². The highest BCUT2D eigenvalue weighted by atomic mass is 19.4. The number of carbonyl (C=O) groups is 1. The monoisotopic (exact) mass is 473 g/mol. The molecule has 34 heavy (non-hydrogen) atoms. The van der Waals surface area contributed by atoms with Crippen LogP contribution >= 0.6 is 0 Å². The molecule has 4 N–H and O–H groups in total. The number of anilines is 1. The Hall–Kier alpha value is -3.07.